The molecule has 0 fully saturated rings. The van der Waals surface area contributed by atoms with E-state index >= 15 is 0 Å². The number of hydrogen-bond donors (Lipinski definition) is 0. The summed E-state index contributed by atoms with van der Waals surface area (Å²) in [7, 11) is 0. The van der Waals surface area contributed by atoms with Crippen LogP contribution in [0, 0.1) is 5.82 Å². The Morgan fingerprint density at radius 2 is 2.23 bits per heavy atom. The maximum atomic E-state index is 14.0. The summed E-state index contributed by atoms with van der Waals surface area (Å²) < 4.78 is 20.3. The first-order valence-electron chi connectivity index (χ1n) is 6.44. The fourth-order valence-electron chi connectivity index (χ4n) is 2.05. The van der Waals surface area contributed by atoms with Gasteiger partial charge in [0.25, 0.3) is 0 Å². The van der Waals surface area contributed by atoms with E-state index in [9.17, 15) is 9.18 Å². The Hall–Kier alpha value is -2.54. The number of imidazole rings is 1. The van der Waals surface area contributed by atoms with Crippen LogP contribution in [0.2, 0.25) is 5.15 Å². The summed E-state index contributed by atoms with van der Waals surface area (Å²) in [6, 6.07) is 4.55. The predicted molar refractivity (Wildman–Crippen MR) is 77.1 cm³/mol. The van der Waals surface area contributed by atoms with Crippen molar-refractivity contribution >= 4 is 23.2 Å². The van der Waals surface area contributed by atoms with Crippen molar-refractivity contribution in [3.05, 3.63) is 47.3 Å². The van der Waals surface area contributed by atoms with Gasteiger partial charge in [0.15, 0.2) is 17.2 Å². The Labute approximate surface area is 129 Å². The molecule has 3 rings (SSSR count). The third-order valence-corrected chi connectivity index (χ3v) is 3.14. The largest absolute Gasteiger partial charge is 0.461 e. The van der Waals surface area contributed by atoms with Crippen molar-refractivity contribution in [2.24, 2.45) is 0 Å². The second kappa shape index (κ2) is 5.69. The van der Waals surface area contributed by atoms with E-state index in [0.29, 0.717) is 5.65 Å². The van der Waals surface area contributed by atoms with Gasteiger partial charge in [-0.3, -0.25) is 4.98 Å². The van der Waals surface area contributed by atoms with Crippen molar-refractivity contribution in [3.8, 4) is 11.3 Å². The molecule has 3 aromatic rings. The van der Waals surface area contributed by atoms with Gasteiger partial charge in [-0.15, -0.1) is 0 Å². The van der Waals surface area contributed by atoms with E-state index in [2.05, 4.69) is 15.1 Å². The molecular formula is C14H10ClFN4O2. The van der Waals surface area contributed by atoms with Gasteiger partial charge in [0.1, 0.15) is 10.8 Å². The van der Waals surface area contributed by atoms with Crippen LogP contribution >= 0.6 is 11.6 Å². The third kappa shape index (κ3) is 2.39. The molecule has 0 saturated heterocycles. The molecule has 112 valence electrons. The Kier molecular flexibility index (Phi) is 3.72. The zero-order chi connectivity index (χ0) is 15.7. The lowest BCUT2D eigenvalue weighted by Crippen LogP contribution is -2.11. The van der Waals surface area contributed by atoms with Crippen LogP contribution in [0.5, 0.6) is 0 Å². The van der Waals surface area contributed by atoms with Crippen LogP contribution in [-0.2, 0) is 4.74 Å². The van der Waals surface area contributed by atoms with Gasteiger partial charge < -0.3 is 4.74 Å². The standard InChI is InChI=1S/C14H10ClFN4O2/c1-2-22-14(21)13-12(8-5-6-17-7-9(8)16)18-11-4-3-10(15)19-20(11)13/h3-7H,2H2,1H3. The van der Waals surface area contributed by atoms with Gasteiger partial charge in [0.2, 0.25) is 0 Å². The molecule has 0 saturated carbocycles. The normalized spacial score (nSPS) is 10.9. The topological polar surface area (TPSA) is 69.4 Å². The molecule has 6 nitrogen and oxygen atoms in total. The van der Waals surface area contributed by atoms with Gasteiger partial charge in [-0.25, -0.2) is 18.7 Å². The first kappa shape index (κ1) is 14.4. The highest BCUT2D eigenvalue weighted by molar-refractivity contribution is 6.29. The highest BCUT2D eigenvalue weighted by Gasteiger charge is 2.24. The number of pyridine rings is 1. The summed E-state index contributed by atoms with van der Waals surface area (Å²) in [6.07, 6.45) is 2.46. The molecule has 0 aromatic carbocycles. The molecule has 0 aliphatic carbocycles. The van der Waals surface area contributed by atoms with Crippen molar-refractivity contribution in [2.45, 2.75) is 6.92 Å². The molecular weight excluding hydrogens is 311 g/mol. The number of aromatic nitrogens is 4. The lowest BCUT2D eigenvalue weighted by molar-refractivity contribution is 0.0518. The number of rotatable bonds is 3. The smallest absolute Gasteiger partial charge is 0.359 e. The highest BCUT2D eigenvalue weighted by Crippen LogP contribution is 2.27. The molecule has 0 radical (unpaired) electrons. The van der Waals surface area contributed by atoms with Crippen molar-refractivity contribution < 1.29 is 13.9 Å². The molecule has 0 amide bonds. The minimum absolute atomic E-state index is 0.0180. The number of nitrogens with zero attached hydrogens (tertiary/aromatic N) is 4. The van der Waals surface area contributed by atoms with Crippen LogP contribution in [0.15, 0.2) is 30.6 Å². The van der Waals surface area contributed by atoms with Crippen molar-refractivity contribution in [1.29, 1.82) is 0 Å². The minimum Gasteiger partial charge on any atom is -0.461 e. The summed E-state index contributed by atoms with van der Waals surface area (Å²) in [5, 5.41) is 4.21. The Bertz CT molecular complexity index is 865. The van der Waals surface area contributed by atoms with Crippen molar-refractivity contribution in [3.63, 3.8) is 0 Å². The molecule has 0 aliphatic rings. The maximum Gasteiger partial charge on any atom is 0.359 e. The molecule has 0 aliphatic heterocycles. The number of halogens is 2. The number of carbonyl (C=O) groups is 1. The second-order valence-electron chi connectivity index (χ2n) is 4.31. The van der Waals surface area contributed by atoms with Crippen LogP contribution < -0.4 is 0 Å². The van der Waals surface area contributed by atoms with E-state index in [-0.39, 0.29) is 28.7 Å². The van der Waals surface area contributed by atoms with Crippen LogP contribution in [-0.4, -0.2) is 32.2 Å². The van der Waals surface area contributed by atoms with Gasteiger partial charge in [-0.05, 0) is 25.1 Å². The van der Waals surface area contributed by atoms with Gasteiger partial charge in [-0.2, -0.15) is 5.10 Å². The molecule has 0 N–H and O–H groups in total. The SMILES string of the molecule is CCOC(=O)c1c(-c2ccncc2F)nc2ccc(Cl)nn12. The number of carbonyl (C=O) groups excluding carboxylic acids is 1. The molecule has 8 heteroatoms. The average Bonchev–Trinajstić information content (AvgIpc) is 2.86. The van der Waals surface area contributed by atoms with Crippen LogP contribution in [0.1, 0.15) is 17.4 Å². The molecule has 0 atom stereocenters. The summed E-state index contributed by atoms with van der Waals surface area (Å²) in [6.45, 7) is 1.85. The van der Waals surface area contributed by atoms with Crippen molar-refractivity contribution in [2.75, 3.05) is 6.61 Å². The summed E-state index contributed by atoms with van der Waals surface area (Å²) in [4.78, 5) is 20.2. The number of esters is 1. The van der Waals surface area contributed by atoms with E-state index in [0.717, 1.165) is 6.20 Å². The molecule has 3 heterocycles. The zero-order valence-corrected chi connectivity index (χ0v) is 12.2. The summed E-state index contributed by atoms with van der Waals surface area (Å²) >= 11 is 5.86. The van der Waals surface area contributed by atoms with Crippen LogP contribution in [0.3, 0.4) is 0 Å². The first-order valence-corrected chi connectivity index (χ1v) is 6.82. The van der Waals surface area contributed by atoms with Crippen molar-refractivity contribution in [1.82, 2.24) is 19.6 Å². The number of fused-ring (bicyclic) bond motifs is 1. The van der Waals surface area contributed by atoms with E-state index < -0.39 is 11.8 Å². The Morgan fingerprint density at radius 3 is 2.95 bits per heavy atom. The lowest BCUT2D eigenvalue weighted by Gasteiger charge is -2.04. The van der Waals surface area contributed by atoms with Gasteiger partial charge in [0.05, 0.1) is 12.8 Å². The molecule has 22 heavy (non-hydrogen) atoms. The molecule has 0 spiro atoms. The third-order valence-electron chi connectivity index (χ3n) is 2.94. The van der Waals surface area contributed by atoms with Gasteiger partial charge in [0, 0.05) is 11.8 Å². The minimum atomic E-state index is -0.657. The predicted octanol–water partition coefficient (Wildman–Crippen LogP) is 2.76. The van der Waals surface area contributed by atoms with Crippen LogP contribution in [0.4, 0.5) is 4.39 Å². The summed E-state index contributed by atoms with van der Waals surface area (Å²) in [5.41, 5.74) is 0.649. The maximum absolute atomic E-state index is 14.0. The van der Waals surface area contributed by atoms with Gasteiger partial charge >= 0.3 is 5.97 Å². The fourth-order valence-corrected chi connectivity index (χ4v) is 2.19. The molecule has 3 aromatic heterocycles. The van der Waals surface area contributed by atoms with E-state index in [1.165, 1.54) is 22.8 Å². The van der Waals surface area contributed by atoms with E-state index in [1.807, 2.05) is 0 Å². The van der Waals surface area contributed by atoms with Crippen LogP contribution in [0.25, 0.3) is 16.9 Å². The Balaban J connectivity index is 2.32. The van der Waals surface area contributed by atoms with E-state index in [4.69, 9.17) is 16.3 Å². The second-order valence-corrected chi connectivity index (χ2v) is 4.70. The Morgan fingerprint density at radius 1 is 1.41 bits per heavy atom. The average molecular weight is 321 g/mol. The van der Waals surface area contributed by atoms with E-state index in [1.54, 1.807) is 13.0 Å². The highest BCUT2D eigenvalue weighted by atomic mass is 35.5. The fraction of sp³-hybridized carbons (Fsp3) is 0.143. The molecule has 0 bridgehead atoms. The lowest BCUT2D eigenvalue weighted by atomic mass is 10.1. The number of hydrogen-bond acceptors (Lipinski definition) is 5. The number of ether oxygens (including phenoxy) is 1. The monoisotopic (exact) mass is 320 g/mol. The quantitative estimate of drug-likeness (QED) is 0.694. The zero-order valence-electron chi connectivity index (χ0n) is 11.5. The summed E-state index contributed by atoms with van der Waals surface area (Å²) in [5.74, 6) is -1.25. The first-order chi connectivity index (χ1) is 10.6. The van der Waals surface area contributed by atoms with Gasteiger partial charge in [-0.1, -0.05) is 11.6 Å². The molecule has 0 unspecified atom stereocenters.